The van der Waals surface area contributed by atoms with Crippen LogP contribution in [0, 0.1) is 11.8 Å². The molecule has 1 amide bonds. The summed E-state index contributed by atoms with van der Waals surface area (Å²) in [6.45, 7) is 4.75. The second-order valence-electron chi connectivity index (χ2n) is 6.60. The van der Waals surface area contributed by atoms with Crippen LogP contribution in [-0.2, 0) is 4.79 Å². The predicted molar refractivity (Wildman–Crippen MR) is 75.8 cm³/mol. The number of rotatable bonds is 5. The van der Waals surface area contributed by atoms with Crippen LogP contribution in [0.2, 0.25) is 0 Å². The van der Waals surface area contributed by atoms with Gasteiger partial charge in [-0.05, 0) is 50.6 Å². The molecule has 0 aromatic rings. The van der Waals surface area contributed by atoms with Crippen LogP contribution in [0.15, 0.2) is 0 Å². The van der Waals surface area contributed by atoms with Crippen molar-refractivity contribution in [3.63, 3.8) is 0 Å². The molecule has 1 aliphatic carbocycles. The summed E-state index contributed by atoms with van der Waals surface area (Å²) in [6, 6.07) is 0. The van der Waals surface area contributed by atoms with Gasteiger partial charge in [-0.3, -0.25) is 4.79 Å². The van der Waals surface area contributed by atoms with Gasteiger partial charge < -0.3 is 15.7 Å². The average Bonchev–Trinajstić information content (AvgIpc) is 2.87. The van der Waals surface area contributed by atoms with Gasteiger partial charge in [-0.25, -0.2) is 0 Å². The first-order chi connectivity index (χ1) is 9.07. The van der Waals surface area contributed by atoms with E-state index in [2.05, 4.69) is 17.6 Å². The zero-order valence-corrected chi connectivity index (χ0v) is 12.1. The second kappa shape index (κ2) is 6.71. The first kappa shape index (κ1) is 14.8. The molecule has 110 valence electrons. The van der Waals surface area contributed by atoms with Crippen LogP contribution in [0.1, 0.15) is 51.9 Å². The zero-order chi connectivity index (χ0) is 13.7. The SMILES string of the molecule is CC1CCCC(O)(CNC(=O)CCC2CCNC2)C1. The van der Waals surface area contributed by atoms with Gasteiger partial charge in [0.05, 0.1) is 5.60 Å². The highest BCUT2D eigenvalue weighted by Crippen LogP contribution is 2.31. The fraction of sp³-hybridized carbons (Fsp3) is 0.933. The smallest absolute Gasteiger partial charge is 0.220 e. The highest BCUT2D eigenvalue weighted by molar-refractivity contribution is 5.75. The summed E-state index contributed by atoms with van der Waals surface area (Å²) in [7, 11) is 0. The molecule has 4 nitrogen and oxygen atoms in total. The largest absolute Gasteiger partial charge is 0.388 e. The van der Waals surface area contributed by atoms with Crippen LogP contribution in [0.25, 0.3) is 0 Å². The number of carbonyl (C=O) groups is 1. The Morgan fingerprint density at radius 1 is 1.47 bits per heavy atom. The summed E-state index contributed by atoms with van der Waals surface area (Å²) >= 11 is 0. The van der Waals surface area contributed by atoms with Gasteiger partial charge in [0.25, 0.3) is 0 Å². The number of aliphatic hydroxyl groups is 1. The van der Waals surface area contributed by atoms with Crippen molar-refractivity contribution >= 4 is 5.91 Å². The summed E-state index contributed by atoms with van der Waals surface area (Å²) in [4.78, 5) is 11.8. The number of nitrogens with one attached hydrogen (secondary N) is 2. The van der Waals surface area contributed by atoms with Crippen molar-refractivity contribution in [2.24, 2.45) is 11.8 Å². The molecule has 0 aromatic carbocycles. The molecule has 1 saturated heterocycles. The summed E-state index contributed by atoms with van der Waals surface area (Å²) < 4.78 is 0. The molecular formula is C15H28N2O2. The molecule has 1 heterocycles. The topological polar surface area (TPSA) is 61.4 Å². The maximum absolute atomic E-state index is 11.8. The zero-order valence-electron chi connectivity index (χ0n) is 12.1. The van der Waals surface area contributed by atoms with E-state index in [9.17, 15) is 9.90 Å². The average molecular weight is 268 g/mol. The molecule has 19 heavy (non-hydrogen) atoms. The minimum absolute atomic E-state index is 0.0959. The van der Waals surface area contributed by atoms with E-state index in [4.69, 9.17) is 0 Å². The van der Waals surface area contributed by atoms with Gasteiger partial charge >= 0.3 is 0 Å². The monoisotopic (exact) mass is 268 g/mol. The minimum Gasteiger partial charge on any atom is -0.388 e. The van der Waals surface area contributed by atoms with Crippen molar-refractivity contribution in [2.75, 3.05) is 19.6 Å². The van der Waals surface area contributed by atoms with Crippen molar-refractivity contribution in [3.8, 4) is 0 Å². The summed E-state index contributed by atoms with van der Waals surface area (Å²) in [6.07, 6.45) is 6.66. The Kier molecular flexibility index (Phi) is 5.22. The normalized spacial score (nSPS) is 35.3. The van der Waals surface area contributed by atoms with E-state index >= 15 is 0 Å². The van der Waals surface area contributed by atoms with Crippen LogP contribution in [0.5, 0.6) is 0 Å². The van der Waals surface area contributed by atoms with Crippen LogP contribution in [0.3, 0.4) is 0 Å². The van der Waals surface area contributed by atoms with E-state index in [0.717, 1.165) is 38.8 Å². The predicted octanol–water partition coefficient (Wildman–Crippen LogP) is 1.43. The molecule has 2 aliphatic rings. The van der Waals surface area contributed by atoms with Crippen molar-refractivity contribution in [3.05, 3.63) is 0 Å². The van der Waals surface area contributed by atoms with Crippen LogP contribution in [0.4, 0.5) is 0 Å². The third kappa shape index (κ3) is 4.77. The molecule has 3 unspecified atom stereocenters. The first-order valence-electron chi connectivity index (χ1n) is 7.77. The number of hydrogen-bond donors (Lipinski definition) is 3. The van der Waals surface area contributed by atoms with Crippen LogP contribution >= 0.6 is 0 Å². The Bertz CT molecular complexity index is 303. The maximum Gasteiger partial charge on any atom is 0.220 e. The molecule has 3 N–H and O–H groups in total. The second-order valence-corrected chi connectivity index (χ2v) is 6.60. The van der Waals surface area contributed by atoms with Gasteiger partial charge in [0.2, 0.25) is 5.91 Å². The van der Waals surface area contributed by atoms with Gasteiger partial charge in [0.15, 0.2) is 0 Å². The number of carbonyl (C=O) groups excluding carboxylic acids is 1. The quantitative estimate of drug-likeness (QED) is 0.707. The standard InChI is InChI=1S/C15H28N2O2/c1-12-3-2-7-15(19,9-12)11-17-14(18)5-4-13-6-8-16-10-13/h12-13,16,19H,2-11H2,1H3,(H,17,18). The highest BCUT2D eigenvalue weighted by Gasteiger charge is 2.32. The summed E-state index contributed by atoms with van der Waals surface area (Å²) in [5.41, 5.74) is -0.664. The van der Waals surface area contributed by atoms with Gasteiger partial charge in [0.1, 0.15) is 0 Å². The molecular weight excluding hydrogens is 240 g/mol. The van der Waals surface area contributed by atoms with Crippen molar-refractivity contribution in [1.29, 1.82) is 0 Å². The van der Waals surface area contributed by atoms with E-state index in [1.807, 2.05) is 0 Å². The van der Waals surface area contributed by atoms with Crippen molar-refractivity contribution in [2.45, 2.75) is 57.5 Å². The van der Waals surface area contributed by atoms with Gasteiger partial charge in [-0.15, -0.1) is 0 Å². The van der Waals surface area contributed by atoms with E-state index in [-0.39, 0.29) is 5.91 Å². The van der Waals surface area contributed by atoms with Crippen LogP contribution in [-0.4, -0.2) is 36.2 Å². The Morgan fingerprint density at radius 2 is 2.32 bits per heavy atom. The summed E-state index contributed by atoms with van der Waals surface area (Å²) in [5, 5.41) is 16.7. The Labute approximate surface area is 116 Å². The molecule has 3 atom stereocenters. The molecule has 1 saturated carbocycles. The minimum atomic E-state index is -0.664. The number of hydrogen-bond acceptors (Lipinski definition) is 3. The Morgan fingerprint density at radius 3 is 3.00 bits per heavy atom. The van der Waals surface area contributed by atoms with E-state index in [0.29, 0.717) is 24.8 Å². The molecule has 1 aliphatic heterocycles. The van der Waals surface area contributed by atoms with E-state index < -0.39 is 5.60 Å². The lowest BCUT2D eigenvalue weighted by Gasteiger charge is -2.35. The molecule has 2 fully saturated rings. The van der Waals surface area contributed by atoms with Gasteiger partial charge in [-0.2, -0.15) is 0 Å². The van der Waals surface area contributed by atoms with Crippen molar-refractivity contribution < 1.29 is 9.90 Å². The fourth-order valence-electron chi connectivity index (χ4n) is 3.44. The number of amides is 1. The Hall–Kier alpha value is -0.610. The molecule has 0 aromatic heterocycles. The van der Waals surface area contributed by atoms with Crippen molar-refractivity contribution in [1.82, 2.24) is 10.6 Å². The highest BCUT2D eigenvalue weighted by atomic mass is 16.3. The lowest BCUT2D eigenvalue weighted by atomic mass is 9.79. The molecule has 0 spiro atoms. The third-order valence-electron chi connectivity index (χ3n) is 4.62. The fourth-order valence-corrected chi connectivity index (χ4v) is 3.44. The third-order valence-corrected chi connectivity index (χ3v) is 4.62. The lowest BCUT2D eigenvalue weighted by molar-refractivity contribution is -0.123. The summed E-state index contributed by atoms with van der Waals surface area (Å²) in [5.74, 6) is 1.32. The van der Waals surface area contributed by atoms with Gasteiger partial charge in [0, 0.05) is 13.0 Å². The van der Waals surface area contributed by atoms with E-state index in [1.165, 1.54) is 12.8 Å². The molecule has 2 rings (SSSR count). The maximum atomic E-state index is 11.8. The van der Waals surface area contributed by atoms with Crippen LogP contribution < -0.4 is 10.6 Å². The lowest BCUT2D eigenvalue weighted by Crippen LogP contribution is -2.45. The molecule has 0 bridgehead atoms. The molecule has 0 radical (unpaired) electrons. The molecule has 4 heteroatoms. The Balaban J connectivity index is 1.64. The first-order valence-corrected chi connectivity index (χ1v) is 7.77. The van der Waals surface area contributed by atoms with Gasteiger partial charge in [-0.1, -0.05) is 19.8 Å². The van der Waals surface area contributed by atoms with E-state index in [1.54, 1.807) is 0 Å².